The minimum Gasteiger partial charge on any atom is -0.397 e. The van der Waals surface area contributed by atoms with E-state index < -0.39 is 0 Å². The summed E-state index contributed by atoms with van der Waals surface area (Å²) in [6, 6.07) is 8.26. The smallest absolute Gasteiger partial charge is 0.231 e. The summed E-state index contributed by atoms with van der Waals surface area (Å²) in [7, 11) is 0. The number of nitrogens with two attached hydrogens (primary N) is 2. The summed E-state index contributed by atoms with van der Waals surface area (Å²) in [5.41, 5.74) is 15.6. The van der Waals surface area contributed by atoms with E-state index in [1.807, 2.05) is 17.0 Å². The Kier molecular flexibility index (Phi) is 6.14. The van der Waals surface area contributed by atoms with E-state index in [2.05, 4.69) is 37.2 Å². The minimum absolute atomic E-state index is 0.142. The quantitative estimate of drug-likeness (QED) is 0.452. The van der Waals surface area contributed by atoms with Gasteiger partial charge in [-0.15, -0.1) is 0 Å². The van der Waals surface area contributed by atoms with Gasteiger partial charge < -0.3 is 36.5 Å². The first kappa shape index (κ1) is 22.3. The Bertz CT molecular complexity index is 1140. The number of anilines is 5. The van der Waals surface area contributed by atoms with Crippen LogP contribution in [0.2, 0.25) is 0 Å². The zero-order valence-electron chi connectivity index (χ0n) is 19.6. The highest BCUT2D eigenvalue weighted by molar-refractivity contribution is 5.98. The standard InChI is InChI=1S/C24H33N9O/c1-16(34)31-10-12-32(13-11-31)19-4-2-18(3-5-19)28-24-29-22-21(20(26)15-27-22)23(30-24)33-8-6-17(14-25)7-9-33/h2-5,15,17H,6-14,25-26H2,1H3,(H2,27,28,29,30). The molecule has 0 atom stereocenters. The molecule has 0 unspecified atom stereocenters. The molecule has 3 aromatic rings. The number of carbonyl (C=O) groups is 1. The fourth-order valence-corrected chi connectivity index (χ4v) is 4.87. The Morgan fingerprint density at radius 2 is 1.76 bits per heavy atom. The molecule has 0 spiro atoms. The Balaban J connectivity index is 1.33. The zero-order chi connectivity index (χ0) is 23.7. The monoisotopic (exact) mass is 463 g/mol. The van der Waals surface area contributed by atoms with Crippen LogP contribution in [-0.4, -0.2) is 71.6 Å². The molecule has 5 rings (SSSR count). The molecule has 1 amide bonds. The first-order valence-electron chi connectivity index (χ1n) is 12.0. The summed E-state index contributed by atoms with van der Waals surface area (Å²) in [4.78, 5) is 30.8. The van der Waals surface area contributed by atoms with Crippen molar-refractivity contribution in [3.63, 3.8) is 0 Å². The van der Waals surface area contributed by atoms with Gasteiger partial charge in [-0.1, -0.05) is 0 Å². The number of benzene rings is 1. The Labute approximate surface area is 199 Å². The molecule has 34 heavy (non-hydrogen) atoms. The molecule has 2 saturated heterocycles. The number of fused-ring (bicyclic) bond motifs is 1. The maximum absolute atomic E-state index is 11.6. The van der Waals surface area contributed by atoms with Crippen molar-refractivity contribution < 1.29 is 4.79 Å². The second kappa shape index (κ2) is 9.38. The van der Waals surface area contributed by atoms with Gasteiger partial charge in [-0.2, -0.15) is 9.97 Å². The second-order valence-electron chi connectivity index (χ2n) is 9.17. The van der Waals surface area contributed by atoms with Crippen LogP contribution < -0.4 is 26.6 Å². The van der Waals surface area contributed by atoms with Crippen molar-refractivity contribution in [1.29, 1.82) is 0 Å². The van der Waals surface area contributed by atoms with Gasteiger partial charge in [-0.25, -0.2) is 0 Å². The van der Waals surface area contributed by atoms with E-state index in [0.717, 1.165) is 86.9 Å². The van der Waals surface area contributed by atoms with E-state index in [4.69, 9.17) is 16.5 Å². The number of carbonyl (C=O) groups excluding carboxylic acids is 1. The van der Waals surface area contributed by atoms with Crippen LogP contribution in [0.3, 0.4) is 0 Å². The van der Waals surface area contributed by atoms with Crippen molar-refractivity contribution in [2.75, 3.05) is 66.7 Å². The molecule has 10 heteroatoms. The second-order valence-corrected chi connectivity index (χ2v) is 9.17. The van der Waals surface area contributed by atoms with E-state index in [9.17, 15) is 4.79 Å². The lowest BCUT2D eigenvalue weighted by Crippen LogP contribution is -2.48. The van der Waals surface area contributed by atoms with Gasteiger partial charge in [-0.05, 0) is 49.6 Å². The highest BCUT2D eigenvalue weighted by Gasteiger charge is 2.23. The number of nitrogen functional groups attached to an aromatic ring is 1. The average molecular weight is 464 g/mol. The minimum atomic E-state index is 0.142. The van der Waals surface area contributed by atoms with E-state index in [-0.39, 0.29) is 5.91 Å². The molecular weight excluding hydrogens is 430 g/mol. The van der Waals surface area contributed by atoms with Crippen LogP contribution in [0.1, 0.15) is 19.8 Å². The number of hydrogen-bond donors (Lipinski definition) is 4. The van der Waals surface area contributed by atoms with Crippen LogP contribution in [-0.2, 0) is 4.79 Å². The molecule has 0 aliphatic carbocycles. The zero-order valence-corrected chi connectivity index (χ0v) is 19.6. The van der Waals surface area contributed by atoms with Gasteiger partial charge >= 0.3 is 0 Å². The summed E-state index contributed by atoms with van der Waals surface area (Å²) >= 11 is 0. The van der Waals surface area contributed by atoms with Crippen molar-refractivity contribution >= 4 is 45.8 Å². The highest BCUT2D eigenvalue weighted by atomic mass is 16.2. The van der Waals surface area contributed by atoms with E-state index in [1.165, 1.54) is 0 Å². The van der Waals surface area contributed by atoms with Gasteiger partial charge in [0.2, 0.25) is 11.9 Å². The number of nitrogens with one attached hydrogen (secondary N) is 2. The number of hydrogen-bond acceptors (Lipinski definition) is 8. The Morgan fingerprint density at radius 1 is 1.06 bits per heavy atom. The number of nitrogens with zero attached hydrogens (tertiary/aromatic N) is 5. The number of aromatic nitrogens is 3. The van der Waals surface area contributed by atoms with Crippen LogP contribution in [0, 0.1) is 5.92 Å². The van der Waals surface area contributed by atoms with Crippen LogP contribution in [0.15, 0.2) is 30.5 Å². The van der Waals surface area contributed by atoms with Crippen molar-refractivity contribution in [3.8, 4) is 0 Å². The van der Waals surface area contributed by atoms with Gasteiger partial charge in [0, 0.05) is 63.8 Å². The predicted octanol–water partition coefficient (Wildman–Crippen LogP) is 2.13. The number of aromatic amines is 1. The van der Waals surface area contributed by atoms with Crippen LogP contribution >= 0.6 is 0 Å². The molecule has 0 bridgehead atoms. The largest absolute Gasteiger partial charge is 0.397 e. The molecule has 4 heterocycles. The third-order valence-corrected chi connectivity index (χ3v) is 7.00. The number of amides is 1. The summed E-state index contributed by atoms with van der Waals surface area (Å²) in [5, 5.41) is 4.23. The molecule has 2 aliphatic rings. The van der Waals surface area contributed by atoms with Gasteiger partial charge in [0.15, 0.2) is 0 Å². The van der Waals surface area contributed by atoms with Gasteiger partial charge in [0.05, 0.1) is 11.1 Å². The highest BCUT2D eigenvalue weighted by Crippen LogP contribution is 2.33. The van der Waals surface area contributed by atoms with Gasteiger partial charge in [0.25, 0.3) is 0 Å². The lowest BCUT2D eigenvalue weighted by molar-refractivity contribution is -0.129. The Morgan fingerprint density at radius 3 is 2.41 bits per heavy atom. The first-order valence-corrected chi connectivity index (χ1v) is 12.0. The third kappa shape index (κ3) is 4.45. The lowest BCUT2D eigenvalue weighted by Gasteiger charge is -2.35. The molecular formula is C24H33N9O. The molecule has 10 nitrogen and oxygen atoms in total. The molecule has 180 valence electrons. The maximum atomic E-state index is 11.6. The average Bonchev–Trinajstić information content (AvgIpc) is 3.24. The molecule has 2 fully saturated rings. The number of piperazine rings is 1. The summed E-state index contributed by atoms with van der Waals surface area (Å²) in [6.45, 7) is 7.36. The fraction of sp³-hybridized carbons (Fsp3) is 0.458. The van der Waals surface area contributed by atoms with Crippen molar-refractivity contribution in [1.82, 2.24) is 19.9 Å². The lowest BCUT2D eigenvalue weighted by atomic mass is 9.97. The summed E-state index contributed by atoms with van der Waals surface area (Å²) in [5.74, 6) is 2.11. The molecule has 2 aromatic heterocycles. The Hall–Kier alpha value is -3.53. The summed E-state index contributed by atoms with van der Waals surface area (Å²) in [6.07, 6.45) is 3.88. The predicted molar refractivity (Wildman–Crippen MR) is 136 cm³/mol. The number of piperidine rings is 1. The first-order chi connectivity index (χ1) is 16.5. The van der Waals surface area contributed by atoms with Crippen LogP contribution in [0.25, 0.3) is 11.0 Å². The van der Waals surface area contributed by atoms with Crippen molar-refractivity contribution in [2.45, 2.75) is 19.8 Å². The molecule has 1 aromatic carbocycles. The van der Waals surface area contributed by atoms with E-state index >= 15 is 0 Å². The van der Waals surface area contributed by atoms with Crippen LogP contribution in [0.4, 0.5) is 28.8 Å². The van der Waals surface area contributed by atoms with Crippen molar-refractivity contribution in [3.05, 3.63) is 30.5 Å². The molecule has 0 radical (unpaired) electrons. The van der Waals surface area contributed by atoms with Gasteiger partial charge in [-0.3, -0.25) is 4.79 Å². The molecule has 2 aliphatic heterocycles. The number of H-pyrrole nitrogens is 1. The van der Waals surface area contributed by atoms with Crippen molar-refractivity contribution in [2.24, 2.45) is 11.7 Å². The van der Waals surface area contributed by atoms with E-state index in [1.54, 1.807) is 13.1 Å². The number of rotatable bonds is 5. The SMILES string of the molecule is CC(=O)N1CCN(c2ccc(Nc3nc(N4CCC(CN)CC4)c4c(N)c[nH]c4n3)cc2)CC1. The summed E-state index contributed by atoms with van der Waals surface area (Å²) < 4.78 is 0. The van der Waals surface area contributed by atoms with E-state index in [0.29, 0.717) is 17.6 Å². The van der Waals surface area contributed by atoms with Crippen LogP contribution in [0.5, 0.6) is 0 Å². The molecule has 0 saturated carbocycles. The normalized spacial score (nSPS) is 17.4. The molecule has 6 N–H and O–H groups in total. The fourth-order valence-electron chi connectivity index (χ4n) is 4.87. The maximum Gasteiger partial charge on any atom is 0.231 e. The topological polar surface area (TPSA) is 132 Å². The van der Waals surface area contributed by atoms with Gasteiger partial charge in [0.1, 0.15) is 11.5 Å². The third-order valence-electron chi connectivity index (χ3n) is 7.00.